The standard InChI is InChI=1S/C6H21N6Si/c1-10(2)7-13(8-11(3)4)9-12(5)6/h7-9H,1-6H3. The number of nitrogens with zero attached hydrogens (tertiary/aromatic N) is 3. The van der Waals surface area contributed by atoms with Crippen LogP contribution >= 0.6 is 0 Å². The highest BCUT2D eigenvalue weighted by molar-refractivity contribution is 6.49. The second kappa shape index (κ2) is 6.43. The van der Waals surface area contributed by atoms with Crippen LogP contribution in [0, 0.1) is 0 Å². The highest BCUT2D eigenvalue weighted by atomic mass is 28.3. The van der Waals surface area contributed by atoms with Crippen molar-refractivity contribution in [2.75, 3.05) is 42.3 Å². The zero-order valence-electron chi connectivity index (χ0n) is 9.34. The normalized spacial score (nSPS) is 12.5. The molecule has 79 valence electrons. The molecule has 0 aromatic carbocycles. The van der Waals surface area contributed by atoms with Crippen LogP contribution in [0.5, 0.6) is 0 Å². The number of hydrogen-bond acceptors (Lipinski definition) is 6. The molecular formula is C6H21N6Si. The number of nitrogens with one attached hydrogen (secondary N) is 3. The van der Waals surface area contributed by atoms with Gasteiger partial charge in [-0.15, -0.1) is 0 Å². The summed E-state index contributed by atoms with van der Waals surface area (Å²) in [5.41, 5.74) is 0. The van der Waals surface area contributed by atoms with Gasteiger partial charge in [-0.25, -0.2) is 15.3 Å². The summed E-state index contributed by atoms with van der Waals surface area (Å²) in [4.78, 5) is 0. The zero-order valence-corrected chi connectivity index (χ0v) is 10.3. The fraction of sp³-hybridized carbons (Fsp3) is 1.00. The van der Waals surface area contributed by atoms with Crippen LogP contribution in [0.3, 0.4) is 0 Å². The summed E-state index contributed by atoms with van der Waals surface area (Å²) in [5.74, 6) is 0. The van der Waals surface area contributed by atoms with E-state index in [1.165, 1.54) is 0 Å². The lowest BCUT2D eigenvalue weighted by atomic mass is 11.2. The van der Waals surface area contributed by atoms with Crippen molar-refractivity contribution in [2.24, 2.45) is 0 Å². The first-order valence-electron chi connectivity index (χ1n) is 4.10. The van der Waals surface area contributed by atoms with Crippen LogP contribution in [-0.2, 0) is 0 Å². The van der Waals surface area contributed by atoms with E-state index in [2.05, 4.69) is 15.3 Å². The molecule has 0 rings (SSSR count). The molecular weight excluding hydrogens is 184 g/mol. The molecule has 0 unspecified atom stereocenters. The molecule has 0 aliphatic carbocycles. The number of hydrazine groups is 3. The van der Waals surface area contributed by atoms with Gasteiger partial charge in [0.05, 0.1) is 0 Å². The van der Waals surface area contributed by atoms with Crippen molar-refractivity contribution in [1.82, 2.24) is 30.3 Å². The van der Waals surface area contributed by atoms with E-state index in [0.717, 1.165) is 0 Å². The molecule has 0 bridgehead atoms. The molecule has 0 aromatic heterocycles. The molecule has 0 spiro atoms. The molecule has 0 saturated carbocycles. The summed E-state index contributed by atoms with van der Waals surface area (Å²) in [5, 5.41) is 15.6. The molecule has 0 saturated heterocycles. The quantitative estimate of drug-likeness (QED) is 0.350. The summed E-state index contributed by atoms with van der Waals surface area (Å²) in [7, 11) is 10.8. The van der Waals surface area contributed by atoms with Crippen molar-refractivity contribution in [2.45, 2.75) is 0 Å². The molecule has 0 aromatic rings. The molecule has 13 heavy (non-hydrogen) atoms. The smallest absolute Gasteiger partial charge is 0.255 e. The second-order valence-corrected chi connectivity index (χ2v) is 4.81. The average molecular weight is 205 g/mol. The number of rotatable bonds is 6. The van der Waals surface area contributed by atoms with Gasteiger partial charge in [-0.3, -0.25) is 15.0 Å². The van der Waals surface area contributed by atoms with Crippen LogP contribution in [-0.4, -0.2) is 66.6 Å². The maximum Gasteiger partial charge on any atom is 0.363 e. The minimum absolute atomic E-state index is 1.02. The maximum absolute atomic E-state index is 3.27. The van der Waals surface area contributed by atoms with Crippen molar-refractivity contribution < 1.29 is 0 Å². The first-order chi connectivity index (χ1) is 5.91. The Morgan fingerprint density at radius 3 is 1.00 bits per heavy atom. The van der Waals surface area contributed by atoms with Gasteiger partial charge in [-0.2, -0.15) is 0 Å². The average Bonchev–Trinajstić information content (AvgIpc) is 1.80. The summed E-state index contributed by atoms with van der Waals surface area (Å²) < 4.78 is 0. The molecule has 0 amide bonds. The van der Waals surface area contributed by atoms with Crippen LogP contribution < -0.4 is 15.3 Å². The van der Waals surface area contributed by atoms with Crippen molar-refractivity contribution in [3.05, 3.63) is 0 Å². The third kappa shape index (κ3) is 8.31. The van der Waals surface area contributed by atoms with E-state index < -0.39 is 9.28 Å². The zero-order chi connectivity index (χ0) is 10.4. The first kappa shape index (κ1) is 13.0. The van der Waals surface area contributed by atoms with Crippen LogP contribution in [0.25, 0.3) is 0 Å². The van der Waals surface area contributed by atoms with Gasteiger partial charge in [0.25, 0.3) is 0 Å². The Morgan fingerprint density at radius 2 is 0.846 bits per heavy atom. The fourth-order valence-electron chi connectivity index (χ4n) is 0.746. The van der Waals surface area contributed by atoms with Gasteiger partial charge >= 0.3 is 9.28 Å². The lowest BCUT2D eigenvalue weighted by Gasteiger charge is -2.27. The Morgan fingerprint density at radius 1 is 0.615 bits per heavy atom. The topological polar surface area (TPSA) is 45.8 Å². The summed E-state index contributed by atoms with van der Waals surface area (Å²) in [6.07, 6.45) is 0. The summed E-state index contributed by atoms with van der Waals surface area (Å²) in [6, 6.07) is 0. The van der Waals surface area contributed by atoms with E-state index in [0.29, 0.717) is 0 Å². The van der Waals surface area contributed by atoms with Crippen molar-refractivity contribution in [3.8, 4) is 0 Å². The van der Waals surface area contributed by atoms with Gasteiger partial charge in [0.1, 0.15) is 0 Å². The van der Waals surface area contributed by atoms with Crippen LogP contribution in [0.2, 0.25) is 0 Å². The molecule has 3 N–H and O–H groups in total. The van der Waals surface area contributed by atoms with Crippen molar-refractivity contribution in [1.29, 1.82) is 0 Å². The predicted octanol–water partition coefficient (Wildman–Crippen LogP) is -1.83. The SMILES string of the molecule is CN(C)N[Si](NN(C)C)NN(C)C. The summed E-state index contributed by atoms with van der Waals surface area (Å²) >= 11 is 0. The maximum atomic E-state index is 3.27. The van der Waals surface area contributed by atoms with Gasteiger partial charge in [0.2, 0.25) is 0 Å². The Balaban J connectivity index is 3.87. The Kier molecular flexibility index (Phi) is 6.42. The Bertz CT molecular complexity index is 105. The van der Waals surface area contributed by atoms with Crippen LogP contribution in [0.15, 0.2) is 0 Å². The molecule has 1 radical (unpaired) electrons. The van der Waals surface area contributed by atoms with E-state index in [1.54, 1.807) is 0 Å². The van der Waals surface area contributed by atoms with Gasteiger partial charge in [0, 0.05) is 42.3 Å². The molecule has 0 heterocycles. The Labute approximate surface area is 82.6 Å². The van der Waals surface area contributed by atoms with E-state index in [9.17, 15) is 0 Å². The Hall–Kier alpha value is -0.0231. The highest BCUT2D eigenvalue weighted by Crippen LogP contribution is 1.73. The molecule has 6 nitrogen and oxygen atoms in total. The van der Waals surface area contributed by atoms with Gasteiger partial charge in [-0.1, -0.05) is 0 Å². The third-order valence-corrected chi connectivity index (χ3v) is 3.02. The van der Waals surface area contributed by atoms with E-state index in [4.69, 9.17) is 0 Å². The minimum Gasteiger partial charge on any atom is -0.255 e. The van der Waals surface area contributed by atoms with Crippen molar-refractivity contribution >= 4 is 9.28 Å². The molecule has 0 fully saturated rings. The first-order valence-corrected chi connectivity index (χ1v) is 5.60. The van der Waals surface area contributed by atoms with Gasteiger partial charge in [0.15, 0.2) is 0 Å². The monoisotopic (exact) mass is 205 g/mol. The van der Waals surface area contributed by atoms with Crippen LogP contribution in [0.1, 0.15) is 0 Å². The third-order valence-electron chi connectivity index (χ3n) is 1.01. The molecule has 0 aliphatic rings. The molecule has 0 atom stereocenters. The van der Waals surface area contributed by atoms with Gasteiger partial charge < -0.3 is 0 Å². The predicted molar refractivity (Wildman–Crippen MR) is 56.2 cm³/mol. The molecule has 0 aliphatic heterocycles. The highest BCUT2D eigenvalue weighted by Gasteiger charge is 2.14. The van der Waals surface area contributed by atoms with E-state index >= 15 is 0 Å². The molecule has 7 heteroatoms. The fourth-order valence-corrected chi connectivity index (χ4v) is 2.24. The minimum atomic E-state index is -1.02. The van der Waals surface area contributed by atoms with Crippen molar-refractivity contribution in [3.63, 3.8) is 0 Å². The lowest BCUT2D eigenvalue weighted by Crippen LogP contribution is -2.67. The summed E-state index contributed by atoms with van der Waals surface area (Å²) in [6.45, 7) is 0. The van der Waals surface area contributed by atoms with E-state index in [1.807, 2.05) is 57.3 Å². The number of hydrogen-bond donors (Lipinski definition) is 3. The lowest BCUT2D eigenvalue weighted by molar-refractivity contribution is 0.285. The second-order valence-electron chi connectivity index (χ2n) is 3.39. The van der Waals surface area contributed by atoms with Crippen LogP contribution in [0.4, 0.5) is 0 Å². The van der Waals surface area contributed by atoms with E-state index in [-0.39, 0.29) is 0 Å². The van der Waals surface area contributed by atoms with Gasteiger partial charge in [-0.05, 0) is 0 Å². The largest absolute Gasteiger partial charge is 0.363 e.